The summed E-state index contributed by atoms with van der Waals surface area (Å²) in [5.41, 5.74) is 0. The van der Waals surface area contributed by atoms with Crippen molar-refractivity contribution >= 4 is 37.7 Å². The van der Waals surface area contributed by atoms with E-state index in [1.165, 1.54) is 0 Å². The fraction of sp³-hybridized carbons (Fsp3) is 0.182. The number of halogens is 2. The highest BCUT2D eigenvalue weighted by Crippen LogP contribution is 2.26. The highest BCUT2D eigenvalue weighted by Gasteiger charge is 2.09. The van der Waals surface area contributed by atoms with Crippen molar-refractivity contribution in [3.05, 3.63) is 45.4 Å². The van der Waals surface area contributed by atoms with E-state index in [-0.39, 0.29) is 0 Å². The average molecular weight is 346 g/mol. The molecule has 0 aromatic carbocycles. The van der Waals surface area contributed by atoms with Crippen molar-refractivity contribution < 1.29 is 4.42 Å². The van der Waals surface area contributed by atoms with E-state index >= 15 is 0 Å². The zero-order valence-corrected chi connectivity index (χ0v) is 11.8. The smallest absolute Gasteiger partial charge is 0.143 e. The van der Waals surface area contributed by atoms with Crippen molar-refractivity contribution in [2.75, 3.05) is 11.9 Å². The summed E-state index contributed by atoms with van der Waals surface area (Å²) in [4.78, 5) is 6.37. The molecular formula is C11H10Br2N2O. The van der Waals surface area contributed by atoms with Crippen LogP contribution in [0.15, 0.2) is 44.0 Å². The Morgan fingerprint density at radius 1 is 1.44 bits per heavy atom. The van der Waals surface area contributed by atoms with Crippen molar-refractivity contribution in [2.45, 2.75) is 6.54 Å². The summed E-state index contributed by atoms with van der Waals surface area (Å²) in [5, 5.41) is 0. The van der Waals surface area contributed by atoms with Gasteiger partial charge in [0.25, 0.3) is 0 Å². The van der Waals surface area contributed by atoms with Gasteiger partial charge in [0.05, 0.1) is 17.3 Å². The van der Waals surface area contributed by atoms with Gasteiger partial charge in [-0.3, -0.25) is 0 Å². The summed E-state index contributed by atoms with van der Waals surface area (Å²) >= 11 is 6.86. The summed E-state index contributed by atoms with van der Waals surface area (Å²) in [6, 6.07) is 5.80. The lowest BCUT2D eigenvalue weighted by atomic mass is 10.4. The first-order chi connectivity index (χ1) is 7.66. The van der Waals surface area contributed by atoms with Crippen LogP contribution in [0.4, 0.5) is 5.82 Å². The second-order valence-corrected chi connectivity index (χ2v) is 5.16. The van der Waals surface area contributed by atoms with Crippen LogP contribution in [-0.2, 0) is 6.54 Å². The van der Waals surface area contributed by atoms with Crippen LogP contribution in [0, 0.1) is 0 Å². The van der Waals surface area contributed by atoms with E-state index in [0.29, 0.717) is 6.54 Å². The summed E-state index contributed by atoms with van der Waals surface area (Å²) < 4.78 is 7.20. The number of pyridine rings is 1. The first-order valence-electron chi connectivity index (χ1n) is 4.71. The van der Waals surface area contributed by atoms with Crippen LogP contribution in [-0.4, -0.2) is 12.0 Å². The summed E-state index contributed by atoms with van der Waals surface area (Å²) in [7, 11) is 1.98. The number of anilines is 1. The van der Waals surface area contributed by atoms with Crippen LogP contribution >= 0.6 is 31.9 Å². The van der Waals surface area contributed by atoms with Gasteiger partial charge in [0.1, 0.15) is 11.6 Å². The summed E-state index contributed by atoms with van der Waals surface area (Å²) in [6.07, 6.45) is 3.45. The topological polar surface area (TPSA) is 29.3 Å². The molecule has 0 amide bonds. The quantitative estimate of drug-likeness (QED) is 0.846. The van der Waals surface area contributed by atoms with Crippen molar-refractivity contribution in [1.82, 2.24) is 4.98 Å². The van der Waals surface area contributed by atoms with Gasteiger partial charge in [0, 0.05) is 17.7 Å². The summed E-state index contributed by atoms with van der Waals surface area (Å²) in [6.45, 7) is 0.695. The third-order valence-electron chi connectivity index (χ3n) is 2.12. The Morgan fingerprint density at radius 3 is 2.88 bits per heavy atom. The normalized spacial score (nSPS) is 10.4. The largest absolute Gasteiger partial charge is 0.467 e. The SMILES string of the molecule is CN(Cc1ccco1)c1ncc(Br)cc1Br. The van der Waals surface area contributed by atoms with Gasteiger partial charge in [-0.2, -0.15) is 0 Å². The van der Waals surface area contributed by atoms with Gasteiger partial charge in [0.2, 0.25) is 0 Å². The first-order valence-corrected chi connectivity index (χ1v) is 6.30. The van der Waals surface area contributed by atoms with E-state index in [0.717, 1.165) is 20.5 Å². The van der Waals surface area contributed by atoms with Crippen molar-refractivity contribution in [3.8, 4) is 0 Å². The molecule has 0 radical (unpaired) electrons. The average Bonchev–Trinajstić information content (AvgIpc) is 2.70. The molecule has 0 N–H and O–H groups in total. The van der Waals surface area contributed by atoms with Gasteiger partial charge in [-0.1, -0.05) is 0 Å². The number of furan rings is 1. The van der Waals surface area contributed by atoms with Gasteiger partial charge in [-0.25, -0.2) is 4.98 Å². The fourth-order valence-electron chi connectivity index (χ4n) is 1.40. The number of aromatic nitrogens is 1. The lowest BCUT2D eigenvalue weighted by Crippen LogP contribution is -2.17. The Labute approximate surface area is 111 Å². The molecule has 2 aromatic rings. The predicted molar refractivity (Wildman–Crippen MR) is 70.5 cm³/mol. The van der Waals surface area contributed by atoms with E-state index in [4.69, 9.17) is 4.42 Å². The van der Waals surface area contributed by atoms with Gasteiger partial charge < -0.3 is 9.32 Å². The number of hydrogen-bond donors (Lipinski definition) is 0. The molecule has 84 valence electrons. The minimum absolute atomic E-state index is 0.695. The van der Waals surface area contributed by atoms with Crippen molar-refractivity contribution in [2.24, 2.45) is 0 Å². The molecule has 0 fully saturated rings. The van der Waals surface area contributed by atoms with Gasteiger partial charge in [0.15, 0.2) is 0 Å². The zero-order valence-electron chi connectivity index (χ0n) is 8.65. The molecule has 0 aliphatic rings. The second-order valence-electron chi connectivity index (χ2n) is 3.39. The molecule has 0 unspecified atom stereocenters. The van der Waals surface area contributed by atoms with Crippen LogP contribution in [0.2, 0.25) is 0 Å². The molecule has 0 spiro atoms. The molecule has 5 heteroatoms. The first kappa shape index (κ1) is 11.7. The van der Waals surface area contributed by atoms with Crippen LogP contribution < -0.4 is 4.90 Å². The third kappa shape index (κ3) is 2.65. The molecule has 2 aromatic heterocycles. The monoisotopic (exact) mass is 344 g/mol. The molecule has 16 heavy (non-hydrogen) atoms. The van der Waals surface area contributed by atoms with E-state index < -0.39 is 0 Å². The lowest BCUT2D eigenvalue weighted by molar-refractivity contribution is 0.507. The zero-order chi connectivity index (χ0) is 11.5. The molecule has 2 heterocycles. The van der Waals surface area contributed by atoms with Crippen molar-refractivity contribution in [3.63, 3.8) is 0 Å². The Hall–Kier alpha value is -0.810. The van der Waals surface area contributed by atoms with Crippen LogP contribution in [0.5, 0.6) is 0 Å². The molecule has 0 saturated heterocycles. The van der Waals surface area contributed by atoms with E-state index in [2.05, 4.69) is 36.8 Å². The number of rotatable bonds is 3. The highest BCUT2D eigenvalue weighted by atomic mass is 79.9. The van der Waals surface area contributed by atoms with E-state index in [9.17, 15) is 0 Å². The molecule has 0 atom stereocenters. The lowest BCUT2D eigenvalue weighted by Gasteiger charge is -2.18. The molecule has 0 aliphatic heterocycles. The Kier molecular flexibility index (Phi) is 3.66. The Balaban J connectivity index is 2.17. The standard InChI is InChI=1S/C11H10Br2N2O/c1-15(7-9-3-2-4-16-9)11-10(13)5-8(12)6-14-11/h2-6H,7H2,1H3. The third-order valence-corrected chi connectivity index (χ3v) is 3.14. The number of nitrogens with zero attached hydrogens (tertiary/aromatic N) is 2. The van der Waals surface area contributed by atoms with E-state index in [1.807, 2.05) is 30.1 Å². The van der Waals surface area contributed by atoms with E-state index in [1.54, 1.807) is 12.5 Å². The van der Waals surface area contributed by atoms with Crippen LogP contribution in [0.25, 0.3) is 0 Å². The predicted octanol–water partition coefficient (Wildman–Crippen LogP) is 3.84. The van der Waals surface area contributed by atoms with Gasteiger partial charge >= 0.3 is 0 Å². The van der Waals surface area contributed by atoms with Gasteiger partial charge in [-0.05, 0) is 50.1 Å². The van der Waals surface area contributed by atoms with Crippen LogP contribution in [0.1, 0.15) is 5.76 Å². The molecular weight excluding hydrogens is 336 g/mol. The molecule has 0 saturated carbocycles. The number of hydrogen-bond acceptors (Lipinski definition) is 3. The minimum Gasteiger partial charge on any atom is -0.467 e. The Bertz CT molecular complexity index is 471. The molecule has 2 rings (SSSR count). The Morgan fingerprint density at radius 2 is 2.25 bits per heavy atom. The maximum absolute atomic E-state index is 5.30. The summed E-state index contributed by atoms with van der Waals surface area (Å²) in [5.74, 6) is 1.80. The highest BCUT2D eigenvalue weighted by molar-refractivity contribution is 9.11. The molecule has 0 bridgehead atoms. The minimum atomic E-state index is 0.695. The molecule has 0 aliphatic carbocycles. The molecule has 3 nitrogen and oxygen atoms in total. The fourth-order valence-corrected chi connectivity index (χ4v) is 2.69. The maximum Gasteiger partial charge on any atom is 0.143 e. The van der Waals surface area contributed by atoms with Gasteiger partial charge in [-0.15, -0.1) is 0 Å². The van der Waals surface area contributed by atoms with Crippen LogP contribution in [0.3, 0.4) is 0 Å². The maximum atomic E-state index is 5.30. The second kappa shape index (κ2) is 5.01. The van der Waals surface area contributed by atoms with Crippen molar-refractivity contribution in [1.29, 1.82) is 0 Å².